The summed E-state index contributed by atoms with van der Waals surface area (Å²) in [6.07, 6.45) is 16.6. The number of hydrogen-bond donors (Lipinski definition) is 3. The molecule has 2 aliphatic carbocycles. The Morgan fingerprint density at radius 1 is 0.800 bits per heavy atom. The van der Waals surface area contributed by atoms with Crippen molar-refractivity contribution in [2.24, 2.45) is 11.8 Å². The van der Waals surface area contributed by atoms with Gasteiger partial charge >= 0.3 is 6.09 Å². The van der Waals surface area contributed by atoms with E-state index in [1.807, 2.05) is 4.90 Å². The minimum Gasteiger partial charge on any atom is -0.453 e. The van der Waals surface area contributed by atoms with Gasteiger partial charge in [0.05, 0.1) is 7.11 Å². The fourth-order valence-electron chi connectivity index (χ4n) is 7.67. The molecule has 4 aliphatic rings. The molecule has 2 aromatic heterocycles. The molecule has 40 heavy (non-hydrogen) atoms. The van der Waals surface area contributed by atoms with Crippen LogP contribution in [0.5, 0.6) is 0 Å². The molecular weight excluding hydrogens is 512 g/mol. The lowest BCUT2D eigenvalue weighted by Gasteiger charge is -2.43. The smallest absolute Gasteiger partial charge is 0.409 e. The summed E-state index contributed by atoms with van der Waals surface area (Å²) in [5.74, 6) is 3.54. The van der Waals surface area contributed by atoms with Crippen LogP contribution >= 0.6 is 0 Å². The van der Waals surface area contributed by atoms with E-state index in [9.17, 15) is 14.4 Å². The Labute approximate surface area is 235 Å². The summed E-state index contributed by atoms with van der Waals surface area (Å²) in [6.45, 7) is 1.70. The third-order valence-electron chi connectivity index (χ3n) is 9.79. The van der Waals surface area contributed by atoms with E-state index < -0.39 is 0 Å². The summed E-state index contributed by atoms with van der Waals surface area (Å²) in [7, 11) is 1.44. The molecular formula is C30H46N4O6. The minimum atomic E-state index is -0.232. The maximum absolute atomic E-state index is 12.1. The molecule has 0 aromatic carbocycles. The predicted octanol–water partition coefficient (Wildman–Crippen LogP) is 5.25. The van der Waals surface area contributed by atoms with Gasteiger partial charge < -0.3 is 24.0 Å². The van der Waals surface area contributed by atoms with Crippen LogP contribution < -0.4 is 16.4 Å². The van der Waals surface area contributed by atoms with Crippen molar-refractivity contribution in [1.82, 2.24) is 20.5 Å². The number of carbonyl (C=O) groups excluding carboxylic acids is 1. The lowest BCUT2D eigenvalue weighted by Crippen LogP contribution is -2.49. The van der Waals surface area contributed by atoms with Gasteiger partial charge in [-0.3, -0.25) is 9.59 Å². The summed E-state index contributed by atoms with van der Waals surface area (Å²) in [5.41, 5.74) is -0.308. The summed E-state index contributed by atoms with van der Waals surface area (Å²) < 4.78 is 15.5. The van der Waals surface area contributed by atoms with Crippen molar-refractivity contribution in [1.29, 1.82) is 0 Å². The van der Waals surface area contributed by atoms with Crippen LogP contribution in [0.25, 0.3) is 0 Å². The van der Waals surface area contributed by atoms with Crippen molar-refractivity contribution in [2.75, 3.05) is 20.2 Å². The highest BCUT2D eigenvalue weighted by atomic mass is 16.5. The molecule has 10 nitrogen and oxygen atoms in total. The van der Waals surface area contributed by atoms with Crippen LogP contribution in [-0.2, 0) is 4.74 Å². The monoisotopic (exact) mass is 558 g/mol. The summed E-state index contributed by atoms with van der Waals surface area (Å²) in [5, 5.41) is 8.44. The van der Waals surface area contributed by atoms with Crippen molar-refractivity contribution in [3.05, 3.63) is 44.4 Å². The number of methoxy groups -OCH3 is 1. The van der Waals surface area contributed by atoms with E-state index in [0.29, 0.717) is 24.4 Å². The maximum atomic E-state index is 12.1. The number of H-pyrrole nitrogens is 2. The predicted molar refractivity (Wildman–Crippen MR) is 150 cm³/mol. The van der Waals surface area contributed by atoms with Gasteiger partial charge in [0.2, 0.25) is 0 Å². The number of hydrogen-bond acceptors (Lipinski definition) is 7. The van der Waals surface area contributed by atoms with Gasteiger partial charge in [-0.25, -0.2) is 4.79 Å². The number of carbonyl (C=O) groups is 1. The Kier molecular flexibility index (Phi) is 9.88. The SMILES string of the molecule is COC(=O)N1CC[C@H](c2cc(=O)[nH]o2)C[C@H]1C1CCCCC1.O=c1cc([C@H]2CCN[C@H](C3CCCCC3)C2)o[nH]1. The second-order valence-corrected chi connectivity index (χ2v) is 12.3. The summed E-state index contributed by atoms with van der Waals surface area (Å²) >= 11 is 0. The van der Waals surface area contributed by atoms with E-state index in [1.165, 1.54) is 77.4 Å². The zero-order valence-electron chi connectivity index (χ0n) is 23.8. The number of likely N-dealkylation sites (tertiary alicyclic amines) is 1. The molecule has 2 aliphatic heterocycles. The summed E-state index contributed by atoms with van der Waals surface area (Å²) in [6, 6.07) is 3.96. The third-order valence-corrected chi connectivity index (χ3v) is 9.79. The molecule has 1 amide bonds. The molecule has 222 valence electrons. The Bertz CT molecular complexity index is 1170. The first kappa shape index (κ1) is 28.8. The van der Waals surface area contributed by atoms with Crippen LogP contribution in [-0.4, -0.2) is 53.6 Å². The number of rotatable bonds is 4. The third kappa shape index (κ3) is 7.11. The molecule has 6 rings (SSSR count). The average Bonchev–Trinajstić information content (AvgIpc) is 3.66. The molecule has 10 heteroatoms. The molecule has 2 saturated carbocycles. The first-order valence-electron chi connectivity index (χ1n) is 15.5. The molecule has 0 radical (unpaired) electrons. The topological polar surface area (TPSA) is 134 Å². The Morgan fingerprint density at radius 3 is 1.93 bits per heavy atom. The van der Waals surface area contributed by atoms with Crippen LogP contribution in [0, 0.1) is 11.8 Å². The van der Waals surface area contributed by atoms with Crippen LogP contribution in [0.3, 0.4) is 0 Å². The Balaban J connectivity index is 0.000000164. The molecule has 4 fully saturated rings. The highest BCUT2D eigenvalue weighted by molar-refractivity contribution is 5.68. The van der Waals surface area contributed by atoms with Gasteiger partial charge in [0.1, 0.15) is 11.5 Å². The number of nitrogens with zero attached hydrogens (tertiary/aromatic N) is 1. The maximum Gasteiger partial charge on any atom is 0.409 e. The molecule has 3 N–H and O–H groups in total. The van der Waals surface area contributed by atoms with Crippen LogP contribution in [0.15, 0.2) is 30.8 Å². The highest BCUT2D eigenvalue weighted by Crippen LogP contribution is 2.39. The summed E-state index contributed by atoms with van der Waals surface area (Å²) in [4.78, 5) is 36.4. The van der Waals surface area contributed by atoms with Crippen LogP contribution in [0.2, 0.25) is 0 Å². The lowest BCUT2D eigenvalue weighted by molar-refractivity contribution is 0.0512. The van der Waals surface area contributed by atoms with Gasteiger partial charge in [0.15, 0.2) is 0 Å². The van der Waals surface area contributed by atoms with Gasteiger partial charge in [0, 0.05) is 42.6 Å². The van der Waals surface area contributed by atoms with E-state index in [1.54, 1.807) is 6.07 Å². The van der Waals surface area contributed by atoms with E-state index >= 15 is 0 Å². The fraction of sp³-hybridized carbons (Fsp3) is 0.767. The van der Waals surface area contributed by atoms with Gasteiger partial charge in [-0.05, 0) is 69.7 Å². The normalized spacial score (nSPS) is 28.5. The van der Waals surface area contributed by atoms with E-state index in [0.717, 1.165) is 49.7 Å². The molecule has 4 atom stereocenters. The van der Waals surface area contributed by atoms with Crippen molar-refractivity contribution in [3.63, 3.8) is 0 Å². The fourth-order valence-corrected chi connectivity index (χ4v) is 7.67. The highest BCUT2D eigenvalue weighted by Gasteiger charge is 2.39. The zero-order chi connectivity index (χ0) is 27.9. The number of ether oxygens (including phenoxy) is 1. The van der Waals surface area contributed by atoms with Gasteiger partial charge in [-0.15, -0.1) is 0 Å². The average molecular weight is 559 g/mol. The molecule has 0 unspecified atom stereocenters. The number of nitrogens with one attached hydrogen (secondary N) is 3. The molecule has 2 aromatic rings. The minimum absolute atomic E-state index is 0.113. The molecule has 2 saturated heterocycles. The lowest BCUT2D eigenvalue weighted by atomic mass is 9.76. The van der Waals surface area contributed by atoms with Gasteiger partial charge in [-0.1, -0.05) is 38.5 Å². The van der Waals surface area contributed by atoms with Crippen molar-refractivity contribution in [2.45, 2.75) is 114 Å². The van der Waals surface area contributed by atoms with E-state index in [2.05, 4.69) is 15.6 Å². The second-order valence-electron chi connectivity index (χ2n) is 12.3. The number of aromatic nitrogens is 2. The van der Waals surface area contributed by atoms with Gasteiger partial charge in [-0.2, -0.15) is 10.3 Å². The van der Waals surface area contributed by atoms with Crippen molar-refractivity contribution >= 4 is 6.09 Å². The first-order valence-corrected chi connectivity index (χ1v) is 15.5. The Hall–Kier alpha value is -2.75. The van der Waals surface area contributed by atoms with Crippen molar-refractivity contribution in [3.8, 4) is 0 Å². The Morgan fingerprint density at radius 2 is 1.38 bits per heavy atom. The molecule has 4 heterocycles. The van der Waals surface area contributed by atoms with E-state index in [-0.39, 0.29) is 29.2 Å². The standard InChI is InChI=1S/C16H24N2O4.C14H22N2O2/c1-21-16(20)18-8-7-12(14-10-15(19)17-22-14)9-13(18)11-5-3-2-4-6-11;17-14-9-13(18-16-14)11-6-7-15-12(8-11)10-4-2-1-3-5-10/h10-13H,2-9H2,1H3,(H,17,19);9-12,15H,1-8H2,(H,16,17)/t12-,13-;11-,12-/m00/s1. The van der Waals surface area contributed by atoms with Crippen molar-refractivity contribution < 1.29 is 18.6 Å². The first-order chi connectivity index (χ1) is 19.5. The molecule has 0 bridgehead atoms. The van der Waals surface area contributed by atoms with Gasteiger partial charge in [0.25, 0.3) is 11.1 Å². The second kappa shape index (κ2) is 13.7. The molecule has 0 spiro atoms. The zero-order valence-corrected chi connectivity index (χ0v) is 23.8. The van der Waals surface area contributed by atoms with Crippen LogP contribution in [0.1, 0.15) is 113 Å². The number of amides is 1. The van der Waals surface area contributed by atoms with E-state index in [4.69, 9.17) is 13.8 Å². The number of aromatic amines is 2. The van der Waals surface area contributed by atoms with Crippen LogP contribution in [0.4, 0.5) is 4.79 Å². The quantitative estimate of drug-likeness (QED) is 0.467. The number of piperidine rings is 2. The largest absolute Gasteiger partial charge is 0.453 e.